The molecule has 18 heavy (non-hydrogen) atoms. The predicted octanol–water partition coefficient (Wildman–Crippen LogP) is 3.48. The van der Waals surface area contributed by atoms with E-state index in [0.717, 1.165) is 0 Å². The lowest BCUT2D eigenvalue weighted by molar-refractivity contribution is -0.384. The first-order chi connectivity index (χ1) is 8.54. The van der Waals surface area contributed by atoms with Gasteiger partial charge in [0.15, 0.2) is 6.29 Å². The molecule has 1 aromatic heterocycles. The Bertz CT molecular complexity index is 641. The van der Waals surface area contributed by atoms with Gasteiger partial charge in [-0.25, -0.2) is 0 Å². The molecule has 1 aromatic carbocycles. The molecule has 2 rings (SSSR count). The maximum atomic E-state index is 10.9. The predicted molar refractivity (Wildman–Crippen MR) is 66.7 cm³/mol. The molecule has 0 bridgehead atoms. The highest BCUT2D eigenvalue weighted by atomic mass is 79.9. The molecule has 1 heterocycles. The van der Waals surface area contributed by atoms with Gasteiger partial charge in [-0.3, -0.25) is 14.9 Å². The second-order valence-electron chi connectivity index (χ2n) is 3.26. The molecule has 6 nitrogen and oxygen atoms in total. The highest BCUT2D eigenvalue weighted by molar-refractivity contribution is 9.10. The summed E-state index contributed by atoms with van der Waals surface area (Å²) in [7, 11) is 0. The van der Waals surface area contributed by atoms with Crippen LogP contribution >= 0.6 is 27.5 Å². The van der Waals surface area contributed by atoms with Crippen LogP contribution in [0.2, 0.25) is 5.02 Å². The monoisotopic (exact) mass is 330 g/mol. The molecule has 0 amide bonds. The smallest absolute Gasteiger partial charge is 0.288 e. The highest BCUT2D eigenvalue weighted by Gasteiger charge is 2.19. The van der Waals surface area contributed by atoms with Crippen LogP contribution in [0.4, 0.5) is 5.69 Å². The fraction of sp³-hybridized carbons (Fsp3) is 0. The van der Waals surface area contributed by atoms with E-state index in [9.17, 15) is 14.9 Å². The lowest BCUT2D eigenvalue weighted by Crippen LogP contribution is -1.91. The van der Waals surface area contributed by atoms with E-state index >= 15 is 0 Å². The van der Waals surface area contributed by atoms with E-state index in [1.807, 2.05) is 0 Å². The Morgan fingerprint density at radius 1 is 1.50 bits per heavy atom. The van der Waals surface area contributed by atoms with Gasteiger partial charge in [0, 0.05) is 11.6 Å². The molecule has 0 radical (unpaired) electrons. The van der Waals surface area contributed by atoms with Gasteiger partial charge in [0.1, 0.15) is 10.7 Å². The summed E-state index contributed by atoms with van der Waals surface area (Å²) in [5.74, 6) is 0. The van der Waals surface area contributed by atoms with Crippen molar-refractivity contribution in [2.24, 2.45) is 0 Å². The van der Waals surface area contributed by atoms with Crippen molar-refractivity contribution in [2.75, 3.05) is 0 Å². The molecule has 8 heteroatoms. The molecule has 0 aliphatic carbocycles. The van der Waals surface area contributed by atoms with Crippen LogP contribution in [-0.4, -0.2) is 16.4 Å². The van der Waals surface area contributed by atoms with Gasteiger partial charge in [-0.1, -0.05) is 22.8 Å². The number of halogens is 2. The van der Waals surface area contributed by atoms with E-state index in [4.69, 9.17) is 16.1 Å². The highest BCUT2D eigenvalue weighted by Crippen LogP contribution is 2.33. The minimum atomic E-state index is -0.610. The number of nitrogens with zero attached hydrogens (tertiary/aromatic N) is 2. The largest absolute Gasteiger partial charge is 0.348 e. The lowest BCUT2D eigenvalue weighted by atomic mass is 10.1. The number of benzene rings is 1. The van der Waals surface area contributed by atoms with Gasteiger partial charge in [0.25, 0.3) is 5.69 Å². The van der Waals surface area contributed by atoms with Crippen molar-refractivity contribution in [1.29, 1.82) is 0 Å². The summed E-state index contributed by atoms with van der Waals surface area (Å²) in [5.41, 5.74) is 0.524. The van der Waals surface area contributed by atoms with Crippen LogP contribution in [0.25, 0.3) is 11.3 Å². The molecule has 0 aliphatic rings. The molecule has 2 aromatic rings. The number of hydrogen-bond donors (Lipinski definition) is 0. The number of nitro benzene ring substituents is 1. The van der Waals surface area contributed by atoms with Crippen molar-refractivity contribution >= 4 is 39.5 Å². The van der Waals surface area contributed by atoms with E-state index in [0.29, 0.717) is 11.8 Å². The van der Waals surface area contributed by atoms with Crippen LogP contribution in [0.3, 0.4) is 0 Å². The first-order valence-electron chi connectivity index (χ1n) is 4.59. The van der Waals surface area contributed by atoms with Crippen molar-refractivity contribution < 1.29 is 14.2 Å². The molecule has 0 fully saturated rings. The van der Waals surface area contributed by atoms with Gasteiger partial charge in [-0.05, 0) is 22.0 Å². The summed E-state index contributed by atoms with van der Waals surface area (Å²) < 4.78 is 4.98. The zero-order valence-electron chi connectivity index (χ0n) is 8.59. The zero-order valence-corrected chi connectivity index (χ0v) is 10.9. The summed E-state index contributed by atoms with van der Waals surface area (Å²) in [6.45, 7) is 0. The van der Waals surface area contributed by atoms with Gasteiger partial charge in [0.05, 0.1) is 10.5 Å². The molecule has 0 atom stereocenters. The number of aromatic nitrogens is 1. The van der Waals surface area contributed by atoms with Crippen LogP contribution < -0.4 is 0 Å². The summed E-state index contributed by atoms with van der Waals surface area (Å²) in [6, 6.07) is 4.12. The Morgan fingerprint density at radius 3 is 2.83 bits per heavy atom. The molecule has 0 saturated carbocycles. The number of nitro groups is 1. The fourth-order valence-electron chi connectivity index (χ4n) is 1.39. The number of rotatable bonds is 3. The first kappa shape index (κ1) is 12.7. The van der Waals surface area contributed by atoms with E-state index in [1.165, 1.54) is 18.2 Å². The summed E-state index contributed by atoms with van der Waals surface area (Å²) in [6.07, 6.45) is 0.552. The Morgan fingerprint density at radius 2 is 2.22 bits per heavy atom. The van der Waals surface area contributed by atoms with Crippen LogP contribution in [0, 0.1) is 10.1 Å². The normalized spacial score (nSPS) is 10.3. The van der Waals surface area contributed by atoms with Crippen molar-refractivity contribution in [3.63, 3.8) is 0 Å². The Hall–Kier alpha value is -1.73. The SMILES string of the molecule is O=Cc1c(-c2ccc(Cl)c([N+](=O)[O-])c2)noc1Br. The van der Waals surface area contributed by atoms with E-state index in [2.05, 4.69) is 21.1 Å². The van der Waals surface area contributed by atoms with Gasteiger partial charge < -0.3 is 4.52 Å². The van der Waals surface area contributed by atoms with Gasteiger partial charge >= 0.3 is 0 Å². The van der Waals surface area contributed by atoms with E-state index in [1.54, 1.807) is 0 Å². The molecular formula is C10H4BrClN2O4. The second kappa shape index (κ2) is 4.87. The number of aldehydes is 1. The molecule has 92 valence electrons. The Kier molecular flexibility index (Phi) is 3.44. The average Bonchev–Trinajstić information content (AvgIpc) is 2.70. The average molecular weight is 332 g/mol. The topological polar surface area (TPSA) is 86.2 Å². The number of carbonyl (C=O) groups is 1. The Labute approximate surface area is 114 Å². The van der Waals surface area contributed by atoms with Crippen LogP contribution in [0.1, 0.15) is 10.4 Å². The minimum absolute atomic E-state index is 0.0129. The third-order valence-electron chi connectivity index (χ3n) is 2.22. The zero-order chi connectivity index (χ0) is 13.3. The number of hydrogen-bond acceptors (Lipinski definition) is 5. The quantitative estimate of drug-likeness (QED) is 0.488. The molecule has 0 aliphatic heterocycles. The number of carbonyl (C=O) groups excluding carboxylic acids is 1. The van der Waals surface area contributed by atoms with Gasteiger partial charge in [0.2, 0.25) is 4.67 Å². The third kappa shape index (κ3) is 2.14. The van der Waals surface area contributed by atoms with Gasteiger partial charge in [-0.15, -0.1) is 0 Å². The second-order valence-corrected chi connectivity index (χ2v) is 4.39. The van der Waals surface area contributed by atoms with Crippen LogP contribution in [0.5, 0.6) is 0 Å². The molecule has 0 N–H and O–H groups in total. The van der Waals surface area contributed by atoms with Crippen molar-refractivity contribution in [3.05, 3.63) is 43.6 Å². The van der Waals surface area contributed by atoms with Crippen molar-refractivity contribution in [2.45, 2.75) is 0 Å². The van der Waals surface area contributed by atoms with Gasteiger partial charge in [-0.2, -0.15) is 0 Å². The first-order valence-corrected chi connectivity index (χ1v) is 5.76. The maximum Gasteiger partial charge on any atom is 0.288 e. The molecule has 0 saturated heterocycles. The van der Waals surface area contributed by atoms with E-state index < -0.39 is 4.92 Å². The van der Waals surface area contributed by atoms with Crippen molar-refractivity contribution in [1.82, 2.24) is 5.16 Å². The minimum Gasteiger partial charge on any atom is -0.348 e. The third-order valence-corrected chi connectivity index (χ3v) is 3.11. The summed E-state index contributed by atoms with van der Waals surface area (Å²) in [5, 5.41) is 14.4. The molecule has 0 spiro atoms. The molecule has 0 unspecified atom stereocenters. The maximum absolute atomic E-state index is 10.9. The van der Waals surface area contributed by atoms with Crippen LogP contribution in [-0.2, 0) is 0 Å². The summed E-state index contributed by atoms with van der Waals surface area (Å²) >= 11 is 8.71. The Balaban J connectivity index is 2.61. The van der Waals surface area contributed by atoms with Crippen LogP contribution in [0.15, 0.2) is 27.4 Å². The fourth-order valence-corrected chi connectivity index (χ4v) is 1.93. The van der Waals surface area contributed by atoms with E-state index in [-0.39, 0.29) is 26.6 Å². The lowest BCUT2D eigenvalue weighted by Gasteiger charge is -1.99. The standard InChI is InChI=1S/C10H4BrClN2O4/c11-10-6(4-15)9(13-18-10)5-1-2-7(12)8(3-5)14(16)17/h1-4H. The molecular weight excluding hydrogens is 327 g/mol. The summed E-state index contributed by atoms with van der Waals surface area (Å²) in [4.78, 5) is 21.0. The van der Waals surface area contributed by atoms with Crippen molar-refractivity contribution in [3.8, 4) is 11.3 Å².